The Bertz CT molecular complexity index is 373. The van der Waals surface area contributed by atoms with E-state index in [0.717, 1.165) is 0 Å². The highest BCUT2D eigenvalue weighted by molar-refractivity contribution is 5.39. The lowest BCUT2D eigenvalue weighted by Gasteiger charge is -2.18. The van der Waals surface area contributed by atoms with Gasteiger partial charge in [-0.15, -0.1) is 0 Å². The summed E-state index contributed by atoms with van der Waals surface area (Å²) in [5.41, 5.74) is -2.13. The molecule has 2 atom stereocenters. The van der Waals surface area contributed by atoms with E-state index in [0.29, 0.717) is 5.56 Å². The van der Waals surface area contributed by atoms with E-state index in [1.54, 1.807) is 37.3 Å². The van der Waals surface area contributed by atoms with Crippen LogP contribution >= 0.6 is 0 Å². The van der Waals surface area contributed by atoms with Crippen molar-refractivity contribution in [3.05, 3.63) is 35.9 Å². The van der Waals surface area contributed by atoms with Gasteiger partial charge in [-0.05, 0) is 19.4 Å². The fourth-order valence-corrected chi connectivity index (χ4v) is 1.96. The number of halogens is 3. The summed E-state index contributed by atoms with van der Waals surface area (Å²) in [6.07, 6.45) is -4.22. The molecule has 0 aromatic heterocycles. The van der Waals surface area contributed by atoms with Crippen LogP contribution in [0.2, 0.25) is 0 Å². The molecule has 0 spiro atoms. The van der Waals surface area contributed by atoms with Crippen molar-refractivity contribution in [3.63, 3.8) is 0 Å². The van der Waals surface area contributed by atoms with Crippen LogP contribution in [0.4, 0.5) is 13.2 Å². The number of benzene rings is 1. The van der Waals surface area contributed by atoms with Crippen molar-refractivity contribution in [2.45, 2.75) is 31.1 Å². The second kappa shape index (κ2) is 2.76. The van der Waals surface area contributed by atoms with Gasteiger partial charge < -0.3 is 0 Å². The first-order chi connectivity index (χ1) is 6.81. The molecule has 1 aliphatic rings. The fraction of sp³-hybridized carbons (Fsp3) is 0.455. The summed E-state index contributed by atoms with van der Waals surface area (Å²) in [6.45, 7) is 2.77. The molecule has 1 N–H and O–H groups in total. The fourth-order valence-electron chi connectivity index (χ4n) is 1.96. The molecule has 4 heteroatoms. The summed E-state index contributed by atoms with van der Waals surface area (Å²) in [6, 6.07) is 8.71. The van der Waals surface area contributed by atoms with E-state index < -0.39 is 17.3 Å². The molecule has 2 rings (SSSR count). The van der Waals surface area contributed by atoms with Crippen molar-refractivity contribution in [1.29, 1.82) is 0 Å². The monoisotopic (exact) mass is 215 g/mol. The van der Waals surface area contributed by atoms with Gasteiger partial charge in [-0.25, -0.2) is 0 Å². The molecule has 0 aliphatic carbocycles. The Morgan fingerprint density at radius 2 is 1.60 bits per heavy atom. The van der Waals surface area contributed by atoms with Crippen LogP contribution in [0.1, 0.15) is 19.4 Å². The van der Waals surface area contributed by atoms with Gasteiger partial charge in [0.15, 0.2) is 0 Å². The molecule has 1 fully saturated rings. The minimum Gasteiger partial charge on any atom is -0.291 e. The van der Waals surface area contributed by atoms with Gasteiger partial charge >= 0.3 is 6.18 Å². The van der Waals surface area contributed by atoms with Crippen molar-refractivity contribution >= 4 is 0 Å². The molecule has 15 heavy (non-hydrogen) atoms. The van der Waals surface area contributed by atoms with Gasteiger partial charge in [0.1, 0.15) is 5.54 Å². The molecular formula is C11H12F3N. The van der Waals surface area contributed by atoms with E-state index in [-0.39, 0.29) is 0 Å². The summed E-state index contributed by atoms with van der Waals surface area (Å²) in [7, 11) is 0. The standard InChI is InChI=1S/C11H12F3N/c1-9(8-6-4-3-5-7-8)10(2,15-9)11(12,13)14/h3-7,15H,1-2H3/t9?,10-/m1/s1. The predicted octanol–water partition coefficient (Wildman–Crippen LogP) is 2.83. The number of rotatable bonds is 1. The normalized spacial score (nSPS) is 35.3. The summed E-state index contributed by atoms with van der Waals surface area (Å²) in [4.78, 5) is 0. The van der Waals surface area contributed by atoms with Crippen LogP contribution in [0.15, 0.2) is 30.3 Å². The van der Waals surface area contributed by atoms with E-state index in [1.807, 2.05) is 0 Å². The molecule has 1 heterocycles. The van der Waals surface area contributed by atoms with Crippen molar-refractivity contribution in [3.8, 4) is 0 Å². The topological polar surface area (TPSA) is 21.9 Å². The second-order valence-corrected chi connectivity index (χ2v) is 4.24. The van der Waals surface area contributed by atoms with Crippen LogP contribution in [0.25, 0.3) is 0 Å². The Hall–Kier alpha value is -1.03. The molecule has 1 aliphatic heterocycles. The molecule has 1 saturated heterocycles. The van der Waals surface area contributed by atoms with Gasteiger partial charge in [0.05, 0.1) is 5.54 Å². The van der Waals surface area contributed by atoms with Crippen LogP contribution in [0.5, 0.6) is 0 Å². The van der Waals surface area contributed by atoms with Gasteiger partial charge in [-0.2, -0.15) is 13.2 Å². The van der Waals surface area contributed by atoms with E-state index >= 15 is 0 Å². The van der Waals surface area contributed by atoms with Crippen molar-refractivity contribution in [1.82, 2.24) is 5.32 Å². The second-order valence-electron chi connectivity index (χ2n) is 4.24. The first kappa shape index (κ1) is 10.5. The molecule has 1 nitrogen and oxygen atoms in total. The zero-order valence-corrected chi connectivity index (χ0v) is 8.52. The molecule has 1 unspecified atom stereocenters. The lowest BCUT2D eigenvalue weighted by molar-refractivity contribution is -0.160. The van der Waals surface area contributed by atoms with E-state index in [4.69, 9.17) is 0 Å². The maximum atomic E-state index is 12.7. The van der Waals surface area contributed by atoms with E-state index in [1.165, 1.54) is 6.92 Å². The Labute approximate surface area is 86.3 Å². The molecule has 0 bridgehead atoms. The largest absolute Gasteiger partial charge is 0.408 e. The summed E-state index contributed by atoms with van der Waals surface area (Å²) < 4.78 is 38.2. The lowest BCUT2D eigenvalue weighted by Crippen LogP contribution is -2.36. The summed E-state index contributed by atoms with van der Waals surface area (Å²) in [5, 5.41) is 2.55. The number of alkyl halides is 3. The van der Waals surface area contributed by atoms with Gasteiger partial charge in [-0.3, -0.25) is 5.32 Å². The first-order valence-corrected chi connectivity index (χ1v) is 4.73. The van der Waals surface area contributed by atoms with E-state index in [9.17, 15) is 13.2 Å². The van der Waals surface area contributed by atoms with Crippen LogP contribution < -0.4 is 5.32 Å². The number of nitrogens with one attached hydrogen (secondary N) is 1. The molecular weight excluding hydrogens is 203 g/mol. The molecule has 1 aromatic carbocycles. The van der Waals surface area contributed by atoms with Gasteiger partial charge in [0.25, 0.3) is 0 Å². The summed E-state index contributed by atoms with van der Waals surface area (Å²) in [5.74, 6) is 0. The Morgan fingerprint density at radius 3 is 2.00 bits per heavy atom. The zero-order chi connectivity index (χ0) is 11.3. The first-order valence-electron chi connectivity index (χ1n) is 4.73. The number of hydrogen-bond donors (Lipinski definition) is 1. The zero-order valence-electron chi connectivity index (χ0n) is 8.52. The summed E-state index contributed by atoms with van der Waals surface area (Å²) >= 11 is 0. The molecule has 0 radical (unpaired) electrons. The minimum atomic E-state index is -4.22. The predicted molar refractivity (Wildman–Crippen MR) is 51.4 cm³/mol. The van der Waals surface area contributed by atoms with Crippen molar-refractivity contribution in [2.75, 3.05) is 0 Å². The van der Waals surface area contributed by atoms with Crippen LogP contribution in [-0.2, 0) is 5.54 Å². The van der Waals surface area contributed by atoms with Crippen LogP contribution in [0, 0.1) is 0 Å². The molecule has 1 aromatic rings. The molecule has 82 valence electrons. The number of hydrogen-bond acceptors (Lipinski definition) is 1. The molecule has 0 amide bonds. The third kappa shape index (κ3) is 1.28. The van der Waals surface area contributed by atoms with Crippen LogP contribution in [-0.4, -0.2) is 11.7 Å². The lowest BCUT2D eigenvalue weighted by atomic mass is 9.88. The highest BCUT2D eigenvalue weighted by atomic mass is 19.4. The van der Waals surface area contributed by atoms with Gasteiger partial charge in [0, 0.05) is 0 Å². The average molecular weight is 215 g/mol. The van der Waals surface area contributed by atoms with Gasteiger partial charge in [0.2, 0.25) is 0 Å². The SMILES string of the molecule is CC1(c2ccccc2)N[C@@]1(C)C(F)(F)F. The third-order valence-electron chi connectivity index (χ3n) is 3.36. The highest BCUT2D eigenvalue weighted by Crippen LogP contribution is 2.55. The molecule has 0 saturated carbocycles. The Morgan fingerprint density at radius 1 is 1.07 bits per heavy atom. The smallest absolute Gasteiger partial charge is 0.291 e. The van der Waals surface area contributed by atoms with E-state index in [2.05, 4.69) is 5.32 Å². The maximum Gasteiger partial charge on any atom is 0.408 e. The Balaban J connectivity index is 2.35. The van der Waals surface area contributed by atoms with Crippen molar-refractivity contribution < 1.29 is 13.2 Å². The average Bonchev–Trinajstić information content (AvgIpc) is 2.74. The highest BCUT2D eigenvalue weighted by Gasteiger charge is 2.75. The minimum absolute atomic E-state index is 0.671. The third-order valence-corrected chi connectivity index (χ3v) is 3.36. The van der Waals surface area contributed by atoms with Gasteiger partial charge in [-0.1, -0.05) is 30.3 Å². The maximum absolute atomic E-state index is 12.7. The quantitative estimate of drug-likeness (QED) is 0.715. The van der Waals surface area contributed by atoms with Crippen molar-refractivity contribution in [2.24, 2.45) is 0 Å². The Kier molecular flexibility index (Phi) is 1.93. The van der Waals surface area contributed by atoms with Crippen LogP contribution in [0.3, 0.4) is 0 Å².